The lowest BCUT2D eigenvalue weighted by Crippen LogP contribution is -2.52. The number of carbonyl (C=O) groups is 1. The Kier molecular flexibility index (Phi) is 6.41. The average molecular weight is 373 g/mol. The summed E-state index contributed by atoms with van der Waals surface area (Å²) in [6, 6.07) is 9.25. The zero-order valence-corrected chi connectivity index (χ0v) is 16.4. The first-order valence-electron chi connectivity index (χ1n) is 8.95. The number of primary amides is 1. The third-order valence-corrected chi connectivity index (χ3v) is 4.06. The summed E-state index contributed by atoms with van der Waals surface area (Å²) in [5.41, 5.74) is 6.42. The molecule has 3 N–H and O–H groups in total. The third kappa shape index (κ3) is 6.89. The van der Waals surface area contributed by atoms with E-state index in [2.05, 4.69) is 31.1 Å². The maximum absolute atomic E-state index is 13.0. The van der Waals surface area contributed by atoms with Crippen LogP contribution in [0.4, 0.5) is 9.18 Å². The zero-order chi connectivity index (χ0) is 20.1. The van der Waals surface area contributed by atoms with Crippen LogP contribution in [-0.4, -0.2) is 16.6 Å². The average Bonchev–Trinajstić information content (AvgIpc) is 2.52. The number of halogens is 1. The monoisotopic (exact) mass is 373 g/mol. The van der Waals surface area contributed by atoms with E-state index in [0.29, 0.717) is 18.8 Å². The molecular formula is C21H28FN3O2. The van der Waals surface area contributed by atoms with Gasteiger partial charge in [-0.15, -0.1) is 0 Å². The number of carbonyl (C=O) groups excluding carboxylic acids is 1. The van der Waals surface area contributed by atoms with Crippen LogP contribution in [0.15, 0.2) is 42.6 Å². The van der Waals surface area contributed by atoms with E-state index in [4.69, 9.17) is 10.5 Å². The Morgan fingerprint density at radius 1 is 1.19 bits per heavy atom. The highest BCUT2D eigenvalue weighted by atomic mass is 19.1. The van der Waals surface area contributed by atoms with Crippen LogP contribution in [0, 0.1) is 11.2 Å². The molecule has 6 heteroatoms. The normalized spacial score (nSPS) is 13.7. The van der Waals surface area contributed by atoms with Crippen molar-refractivity contribution in [3.05, 3.63) is 59.7 Å². The number of ether oxygens (including phenoxy) is 1. The molecule has 0 radical (unpaired) electrons. The summed E-state index contributed by atoms with van der Waals surface area (Å²) in [5.74, 6) is 0.351. The van der Waals surface area contributed by atoms with Gasteiger partial charge in [-0.1, -0.05) is 32.9 Å². The summed E-state index contributed by atoms with van der Waals surface area (Å²) in [7, 11) is 0. The van der Waals surface area contributed by atoms with Crippen LogP contribution in [0.2, 0.25) is 0 Å². The van der Waals surface area contributed by atoms with E-state index in [1.165, 1.54) is 12.1 Å². The van der Waals surface area contributed by atoms with Crippen molar-refractivity contribution in [1.82, 2.24) is 10.3 Å². The van der Waals surface area contributed by atoms with Gasteiger partial charge in [0.1, 0.15) is 18.2 Å². The molecule has 5 nitrogen and oxygen atoms in total. The van der Waals surface area contributed by atoms with Crippen molar-refractivity contribution < 1.29 is 13.9 Å². The van der Waals surface area contributed by atoms with Crippen LogP contribution in [0.5, 0.6) is 5.75 Å². The van der Waals surface area contributed by atoms with E-state index in [1.807, 2.05) is 13.0 Å². The van der Waals surface area contributed by atoms with Gasteiger partial charge in [0.15, 0.2) is 0 Å². The van der Waals surface area contributed by atoms with E-state index >= 15 is 0 Å². The van der Waals surface area contributed by atoms with E-state index in [0.717, 1.165) is 17.7 Å². The number of nitrogens with two attached hydrogens (primary N) is 1. The molecule has 1 unspecified atom stereocenters. The smallest absolute Gasteiger partial charge is 0.312 e. The Balaban J connectivity index is 2.18. The first-order valence-corrected chi connectivity index (χ1v) is 8.95. The topological polar surface area (TPSA) is 77.2 Å². The largest absolute Gasteiger partial charge is 0.487 e. The lowest BCUT2D eigenvalue weighted by atomic mass is 9.78. The maximum Gasteiger partial charge on any atom is 0.312 e. The fourth-order valence-corrected chi connectivity index (χ4v) is 3.42. The number of nitrogens with zero attached hydrogens (tertiary/aromatic N) is 1. The molecule has 0 spiro atoms. The summed E-state index contributed by atoms with van der Waals surface area (Å²) >= 11 is 0. The van der Waals surface area contributed by atoms with Gasteiger partial charge < -0.3 is 15.8 Å². The number of urea groups is 1. The number of hydrogen-bond donors (Lipinski definition) is 2. The Bertz CT molecular complexity index is 772. The number of pyridine rings is 1. The molecule has 1 aromatic carbocycles. The quantitative estimate of drug-likeness (QED) is 0.763. The number of amides is 2. The van der Waals surface area contributed by atoms with Gasteiger partial charge in [-0.2, -0.15) is 0 Å². The SMILES string of the molecule is CC(C)(C)CC(C)(Cc1ncccc1OCc1ccc(F)cc1)NC(N)=O. The Morgan fingerprint density at radius 3 is 2.44 bits per heavy atom. The van der Waals surface area contributed by atoms with Crippen molar-refractivity contribution in [2.75, 3.05) is 0 Å². The second-order valence-corrected chi connectivity index (χ2v) is 8.33. The molecule has 0 bridgehead atoms. The van der Waals surface area contributed by atoms with Gasteiger partial charge in [-0.05, 0) is 48.6 Å². The lowest BCUT2D eigenvalue weighted by molar-refractivity contribution is 0.205. The molecule has 2 rings (SSSR count). The van der Waals surface area contributed by atoms with Crippen molar-refractivity contribution in [3.8, 4) is 5.75 Å². The molecule has 146 valence electrons. The maximum atomic E-state index is 13.0. The van der Waals surface area contributed by atoms with Crippen molar-refractivity contribution in [2.24, 2.45) is 11.1 Å². The highest BCUT2D eigenvalue weighted by molar-refractivity contribution is 5.72. The van der Waals surface area contributed by atoms with Crippen LogP contribution in [0.1, 0.15) is 45.4 Å². The van der Waals surface area contributed by atoms with E-state index in [9.17, 15) is 9.18 Å². The van der Waals surface area contributed by atoms with Gasteiger partial charge in [-0.25, -0.2) is 9.18 Å². The van der Waals surface area contributed by atoms with E-state index < -0.39 is 11.6 Å². The van der Waals surface area contributed by atoms with Gasteiger partial charge in [0.05, 0.1) is 5.69 Å². The first kappa shape index (κ1) is 20.7. The highest BCUT2D eigenvalue weighted by Crippen LogP contribution is 2.31. The van der Waals surface area contributed by atoms with Crippen molar-refractivity contribution in [2.45, 2.75) is 52.7 Å². The Labute approximate surface area is 160 Å². The summed E-state index contributed by atoms with van der Waals surface area (Å²) in [6.07, 6.45) is 2.89. The molecule has 1 heterocycles. The van der Waals surface area contributed by atoms with Crippen LogP contribution >= 0.6 is 0 Å². The lowest BCUT2D eigenvalue weighted by Gasteiger charge is -2.36. The molecule has 2 amide bonds. The van der Waals surface area contributed by atoms with Crippen LogP contribution in [0.25, 0.3) is 0 Å². The Morgan fingerprint density at radius 2 is 1.85 bits per heavy atom. The molecule has 2 aromatic rings. The standard InChI is InChI=1S/C21H28FN3O2/c1-20(2,3)14-21(4,25-19(23)26)12-17-18(6-5-11-24-17)27-13-15-7-9-16(22)10-8-15/h5-11H,12-14H2,1-4H3,(H3,23,25,26). The number of rotatable bonds is 7. The summed E-state index contributed by atoms with van der Waals surface area (Å²) < 4.78 is 19.0. The molecule has 0 aliphatic heterocycles. The van der Waals surface area contributed by atoms with Gasteiger partial charge in [0.25, 0.3) is 0 Å². The molecule has 0 saturated carbocycles. The molecule has 0 aliphatic carbocycles. The highest BCUT2D eigenvalue weighted by Gasteiger charge is 2.32. The van der Waals surface area contributed by atoms with Crippen molar-refractivity contribution in [3.63, 3.8) is 0 Å². The molecule has 1 atom stereocenters. The van der Waals surface area contributed by atoms with Crippen LogP contribution in [0.3, 0.4) is 0 Å². The molecule has 0 fully saturated rings. The van der Waals surface area contributed by atoms with Crippen molar-refractivity contribution in [1.29, 1.82) is 0 Å². The zero-order valence-electron chi connectivity index (χ0n) is 16.4. The summed E-state index contributed by atoms with van der Waals surface area (Å²) in [5, 5.41) is 2.87. The van der Waals surface area contributed by atoms with Crippen molar-refractivity contribution >= 4 is 6.03 Å². The third-order valence-electron chi connectivity index (χ3n) is 4.06. The summed E-state index contributed by atoms with van der Waals surface area (Å²) in [4.78, 5) is 16.0. The predicted molar refractivity (Wildman–Crippen MR) is 104 cm³/mol. The number of benzene rings is 1. The molecule has 0 aliphatic rings. The minimum absolute atomic E-state index is 0.0128. The molecule has 0 saturated heterocycles. The van der Waals surface area contributed by atoms with Gasteiger partial charge in [0, 0.05) is 18.2 Å². The fraction of sp³-hybridized carbons (Fsp3) is 0.429. The number of aromatic nitrogens is 1. The molecule has 27 heavy (non-hydrogen) atoms. The summed E-state index contributed by atoms with van der Waals surface area (Å²) in [6.45, 7) is 8.59. The second kappa shape index (κ2) is 8.37. The number of hydrogen-bond acceptors (Lipinski definition) is 3. The second-order valence-electron chi connectivity index (χ2n) is 8.33. The van der Waals surface area contributed by atoms with Gasteiger partial charge >= 0.3 is 6.03 Å². The molecular weight excluding hydrogens is 345 g/mol. The minimum Gasteiger partial charge on any atom is -0.487 e. The minimum atomic E-state index is -0.563. The van der Waals surface area contributed by atoms with E-state index in [1.54, 1.807) is 24.4 Å². The van der Waals surface area contributed by atoms with Crippen LogP contribution in [-0.2, 0) is 13.0 Å². The fourth-order valence-electron chi connectivity index (χ4n) is 3.42. The Hall–Kier alpha value is -2.63. The first-order chi connectivity index (χ1) is 12.6. The predicted octanol–water partition coefficient (Wildman–Crippen LogP) is 4.21. The van der Waals surface area contributed by atoms with Gasteiger partial charge in [0.2, 0.25) is 0 Å². The molecule has 1 aromatic heterocycles. The van der Waals surface area contributed by atoms with Gasteiger partial charge in [-0.3, -0.25) is 4.98 Å². The van der Waals surface area contributed by atoms with Crippen LogP contribution < -0.4 is 15.8 Å². The van der Waals surface area contributed by atoms with E-state index in [-0.39, 0.29) is 11.2 Å². The number of nitrogens with one attached hydrogen (secondary N) is 1.